The fraction of sp³-hybridized carbons (Fsp3) is 0.271. The number of oxazole rings is 1. The topological polar surface area (TPSA) is 350 Å². The molecule has 45 heteroatoms. The van der Waals surface area contributed by atoms with E-state index in [0.29, 0.717) is 108 Å². The van der Waals surface area contributed by atoms with Gasteiger partial charge in [-0.2, -0.15) is 0 Å². The molecule has 10 heterocycles. The van der Waals surface area contributed by atoms with Crippen molar-refractivity contribution >= 4 is 262 Å². The number of aryl methyl sites for hydroxylation is 1. The van der Waals surface area contributed by atoms with Crippen molar-refractivity contribution < 1.29 is 70.5 Å². The van der Waals surface area contributed by atoms with Crippen molar-refractivity contribution in [1.82, 2.24) is 49.4 Å². The van der Waals surface area contributed by atoms with E-state index in [1.165, 1.54) is 62.7 Å². The quantitative estimate of drug-likeness (QED) is 0.0975. The highest BCUT2D eigenvalue weighted by atomic mass is 79.9. The molecule has 0 radical (unpaired) electrons. The molecule has 26 nitrogen and oxygen atoms in total. The summed E-state index contributed by atoms with van der Waals surface area (Å²) in [6, 6.07) is 44.6. The molecule has 0 saturated carbocycles. The molecular formula is C85H74Br5Cl5N10O16S9. The minimum atomic E-state index is -3.39. The first-order valence-corrected chi connectivity index (χ1v) is 57.0. The van der Waals surface area contributed by atoms with Gasteiger partial charge in [0.05, 0.1) is 65.8 Å². The summed E-state index contributed by atoms with van der Waals surface area (Å²) in [6.07, 6.45) is 9.02. The van der Waals surface area contributed by atoms with Gasteiger partial charge in [0.15, 0.2) is 54.4 Å². The summed E-state index contributed by atoms with van der Waals surface area (Å²) in [4.78, 5) is 94.7. The molecule has 0 N–H and O–H groups in total. The number of amides is 5. The van der Waals surface area contributed by atoms with Crippen molar-refractivity contribution in [2.24, 2.45) is 0 Å². The van der Waals surface area contributed by atoms with Crippen LogP contribution in [0.15, 0.2) is 220 Å². The molecule has 5 aromatic heterocycles. The number of thiazole rings is 4. The third kappa shape index (κ3) is 25.3. The molecule has 0 bridgehead atoms. The third-order valence-corrected chi connectivity index (χ3v) is 41.8. The molecule has 17 rings (SSSR count). The van der Waals surface area contributed by atoms with Crippen molar-refractivity contribution in [3.63, 3.8) is 0 Å². The smallest absolute Gasteiger partial charge is 0.253 e. The van der Waals surface area contributed by atoms with Crippen LogP contribution in [-0.4, -0.2) is 215 Å². The number of halogens is 10. The maximum absolute atomic E-state index is 12.9. The fourth-order valence-electron chi connectivity index (χ4n) is 14.1. The first-order chi connectivity index (χ1) is 61.7. The molecule has 5 unspecified atom stereocenters. The van der Waals surface area contributed by atoms with Gasteiger partial charge in [0.1, 0.15) is 47.3 Å². The second-order valence-corrected chi connectivity index (χ2v) is 51.9. The first-order valence-electron chi connectivity index (χ1n) is 39.2. The zero-order chi connectivity index (χ0) is 93.3. The van der Waals surface area contributed by atoms with Crippen molar-refractivity contribution in [2.45, 2.75) is 46.0 Å². The van der Waals surface area contributed by atoms with Gasteiger partial charge in [-0.1, -0.05) is 119 Å². The monoisotopic (exact) mass is 2350 g/mol. The summed E-state index contributed by atoms with van der Waals surface area (Å²) in [5.74, 6) is -1.50. The number of benzene rings is 7. The molecule has 684 valence electrons. The van der Waals surface area contributed by atoms with Crippen LogP contribution in [-0.2, 0) is 62.0 Å². The number of carbonyl (C=O) groups excluding carboxylic acids is 5. The minimum Gasteiger partial charge on any atom is -0.448 e. The average molecular weight is 2360 g/mol. The van der Waals surface area contributed by atoms with Crippen molar-refractivity contribution in [3.05, 3.63) is 321 Å². The predicted molar refractivity (Wildman–Crippen MR) is 526 cm³/mol. The molecule has 5 saturated heterocycles. The molecule has 0 aliphatic carbocycles. The summed E-state index contributed by atoms with van der Waals surface area (Å²) in [5.41, 5.74) is 5.25. The van der Waals surface area contributed by atoms with E-state index in [9.17, 15) is 66.1 Å². The molecular weight excluding hydrogens is 2280 g/mol. The highest BCUT2D eigenvalue weighted by molar-refractivity contribution is 9.11. The van der Waals surface area contributed by atoms with E-state index in [1.807, 2.05) is 73.0 Å². The zero-order valence-corrected chi connectivity index (χ0v) is 86.9. The Kier molecular flexibility index (Phi) is 34.0. The Labute approximate surface area is 833 Å². The van der Waals surface area contributed by atoms with E-state index in [0.717, 1.165) is 26.6 Å². The highest BCUT2D eigenvalue weighted by Gasteiger charge is 2.44. The van der Waals surface area contributed by atoms with Crippen molar-refractivity contribution in [2.75, 3.05) is 94.2 Å². The maximum atomic E-state index is 12.9. The lowest BCUT2D eigenvalue weighted by Crippen LogP contribution is -2.45. The molecule has 0 spiro atoms. The van der Waals surface area contributed by atoms with Gasteiger partial charge in [0, 0.05) is 168 Å². The van der Waals surface area contributed by atoms with Crippen LogP contribution >= 0.6 is 183 Å². The second kappa shape index (κ2) is 43.9. The molecule has 5 fully saturated rings. The number of hydrogen-bond acceptors (Lipinski definition) is 25. The fourth-order valence-corrected chi connectivity index (χ4v) is 29.4. The number of sulfone groups is 5. The van der Waals surface area contributed by atoms with Crippen LogP contribution in [0.4, 0.5) is 0 Å². The molecule has 12 aromatic rings. The maximum Gasteiger partial charge on any atom is 0.253 e. The number of rotatable bonds is 14. The van der Waals surface area contributed by atoms with Crippen LogP contribution < -0.4 is 0 Å². The molecule has 5 atom stereocenters. The number of nitrogens with zero attached hydrogens (tertiary/aromatic N) is 10. The molecule has 7 aromatic carbocycles. The van der Waals surface area contributed by atoms with Crippen LogP contribution in [0.1, 0.15) is 131 Å². The minimum absolute atomic E-state index is 0.00929. The van der Waals surface area contributed by atoms with E-state index >= 15 is 0 Å². The van der Waals surface area contributed by atoms with Gasteiger partial charge in [0.25, 0.3) is 29.5 Å². The van der Waals surface area contributed by atoms with E-state index < -0.39 is 75.4 Å². The number of aromatic nitrogens is 5. The Morgan fingerprint density at radius 3 is 1.05 bits per heavy atom. The number of hydrogen-bond donors (Lipinski definition) is 0. The molecule has 130 heavy (non-hydrogen) atoms. The van der Waals surface area contributed by atoms with E-state index in [-0.39, 0.29) is 130 Å². The van der Waals surface area contributed by atoms with Crippen LogP contribution in [0.5, 0.6) is 0 Å². The van der Waals surface area contributed by atoms with Crippen LogP contribution in [0.25, 0.3) is 0 Å². The van der Waals surface area contributed by atoms with Crippen molar-refractivity contribution in [3.8, 4) is 0 Å². The Morgan fingerprint density at radius 1 is 0.385 bits per heavy atom. The Morgan fingerprint density at radius 2 is 0.715 bits per heavy atom. The predicted octanol–water partition coefficient (Wildman–Crippen LogP) is 18.9. The summed E-state index contributed by atoms with van der Waals surface area (Å²) in [6.45, 7) is 3.10. The van der Waals surface area contributed by atoms with E-state index in [1.54, 1.807) is 135 Å². The SMILES string of the molecule is Cc1cnc(C2CN(C(=O)c3ccc(Br)c(Cl)c3)CCS2(=O)=O)s1.O=C(c1ccc(Br)c(Cl)c1)N1CCS(=O)(=O)C(c2nc(Cc3ccccc3)cs2)C1.O=C(c1ccc(Br)c(Cl)c1)N1CCS(=O)(=O)C(c2ncc(Cc3ccccc3)s2)C1.O=C(c1ccc(Br)c(Cl)c1)N1CCS(=O)(=O)C(c2ncco2)C1.O=C(c1ccc(Br)c(Cl)c1)N1CCS(=O)(=O)C(c2nccs2)C1. The van der Waals surface area contributed by atoms with E-state index in [2.05, 4.69) is 105 Å². The zero-order valence-electron chi connectivity index (χ0n) is 67.8. The Balaban J connectivity index is 0.000000139. The molecule has 5 amide bonds. The van der Waals surface area contributed by atoms with Gasteiger partial charge in [-0.25, -0.2) is 67.0 Å². The van der Waals surface area contributed by atoms with Gasteiger partial charge in [0.2, 0.25) is 5.89 Å². The summed E-state index contributed by atoms with van der Waals surface area (Å²) >= 11 is 52.2. The van der Waals surface area contributed by atoms with Crippen molar-refractivity contribution in [1.29, 1.82) is 0 Å². The third-order valence-electron chi connectivity index (χ3n) is 21.1. The molecule has 5 aliphatic rings. The number of carbonyl (C=O) groups is 5. The lowest BCUT2D eigenvalue weighted by Gasteiger charge is -2.31. The first kappa shape index (κ1) is 101. The van der Waals surface area contributed by atoms with E-state index in [4.69, 9.17) is 62.4 Å². The van der Waals surface area contributed by atoms with Crippen LogP contribution in [0.2, 0.25) is 25.1 Å². The summed E-state index contributed by atoms with van der Waals surface area (Å²) < 4.78 is 133. The summed E-state index contributed by atoms with van der Waals surface area (Å²) in [7, 11) is -16.7. The van der Waals surface area contributed by atoms with Gasteiger partial charge in [-0.05, 0) is 189 Å². The Bertz CT molecular complexity index is 6470. The second-order valence-electron chi connectivity index (χ2n) is 29.9. The van der Waals surface area contributed by atoms with Crippen LogP contribution in [0.3, 0.4) is 0 Å². The van der Waals surface area contributed by atoms with Gasteiger partial charge < -0.3 is 28.9 Å². The normalized spacial score (nSPS) is 19.4. The standard InChI is InChI=1S/2C21H18BrClN2O3S2.C15H14BrClN2O3S2.C14H12BrClN2O4S.C14H12BrClN2O3S2/c22-17-7-6-15(11-18(17)23)21(26)25-8-9-30(27,28)19(12-25)20-24-16(13-29-20)10-14-4-2-1-3-5-14;22-17-7-6-15(11-18(17)23)21(26)25-8-9-30(27,28)19(13-25)20-24-12-16(29-20)10-14-4-2-1-3-5-14;1-9-7-18-14(23-9)13-8-19(4-5-24(13,21)22)15(20)10-2-3-11(16)12(17)6-10;2*15-10-2-1-9(7-11(10)16)14(19)18-4-6-23(20,21)12(8-18)13-17-3-5-22-13/h1-7,11,13,19H,8-10,12H2;1-7,11-12,19H,8-10,13H2;2-3,6-7,13H,4-5,8H2,1H3;2*1-3,5,7,12H,4,6,8H2. The molecule has 5 aliphatic heterocycles. The average Bonchev–Trinajstić information content (AvgIpc) is 1.43. The lowest BCUT2D eigenvalue weighted by molar-refractivity contribution is 0.0747. The highest BCUT2D eigenvalue weighted by Crippen LogP contribution is 2.40. The summed E-state index contributed by atoms with van der Waals surface area (Å²) in [5, 5.41) is 3.86. The van der Waals surface area contributed by atoms with Gasteiger partial charge in [-0.3, -0.25) is 24.0 Å². The van der Waals surface area contributed by atoms with Crippen LogP contribution in [0, 0.1) is 6.92 Å². The Hall–Kier alpha value is -6.78. The van der Waals surface area contributed by atoms with Gasteiger partial charge >= 0.3 is 0 Å². The lowest BCUT2D eigenvalue weighted by atomic mass is 10.1. The largest absolute Gasteiger partial charge is 0.448 e. The van der Waals surface area contributed by atoms with Gasteiger partial charge in [-0.15, -0.1) is 45.3 Å².